The van der Waals surface area contributed by atoms with E-state index in [4.69, 9.17) is 4.74 Å². The summed E-state index contributed by atoms with van der Waals surface area (Å²) < 4.78 is 31.4. The number of imidazole rings is 1. The molecule has 1 unspecified atom stereocenters. The Morgan fingerprint density at radius 3 is 2.53 bits per heavy atom. The molecule has 0 bridgehead atoms. The predicted molar refractivity (Wildman–Crippen MR) is 134 cm³/mol. The van der Waals surface area contributed by atoms with Gasteiger partial charge in [0, 0.05) is 12.4 Å². The van der Waals surface area contributed by atoms with Crippen LogP contribution in [0.25, 0.3) is 0 Å². The highest BCUT2D eigenvalue weighted by molar-refractivity contribution is 7.91. The maximum absolute atomic E-state index is 13.3. The van der Waals surface area contributed by atoms with Gasteiger partial charge in [-0.25, -0.2) is 23.2 Å². The number of aromatic nitrogens is 3. The van der Waals surface area contributed by atoms with Gasteiger partial charge in [0.1, 0.15) is 18.5 Å². The van der Waals surface area contributed by atoms with Crippen molar-refractivity contribution in [2.75, 3.05) is 11.1 Å². The molecule has 1 atom stereocenters. The molecule has 0 aliphatic heterocycles. The smallest absolute Gasteiger partial charge is 0.340 e. The number of rotatable bonds is 10. The van der Waals surface area contributed by atoms with Crippen molar-refractivity contribution in [1.82, 2.24) is 14.5 Å². The molecule has 2 heterocycles. The highest BCUT2D eigenvalue weighted by Crippen LogP contribution is 2.33. The zero-order chi connectivity index (χ0) is 25.5. The van der Waals surface area contributed by atoms with Crippen molar-refractivity contribution in [1.29, 1.82) is 0 Å². The van der Waals surface area contributed by atoms with Crippen LogP contribution in [0, 0.1) is 5.92 Å². The molecule has 2 aromatic heterocycles. The van der Waals surface area contributed by atoms with Gasteiger partial charge in [-0.15, -0.1) is 0 Å². The average Bonchev–Trinajstić information content (AvgIpc) is 3.60. The molecular formula is C26H30N4O5S. The fourth-order valence-corrected chi connectivity index (χ4v) is 5.11. The zero-order valence-electron chi connectivity index (χ0n) is 20.2. The maximum Gasteiger partial charge on any atom is 0.340 e. The minimum absolute atomic E-state index is 0.0364. The number of carbonyl (C=O) groups excluding carboxylic acids is 2. The van der Waals surface area contributed by atoms with Gasteiger partial charge in [0.25, 0.3) is 0 Å². The van der Waals surface area contributed by atoms with E-state index < -0.39 is 21.8 Å². The monoisotopic (exact) mass is 510 g/mol. The predicted octanol–water partition coefficient (Wildman–Crippen LogP) is 4.19. The molecule has 1 N–H and O–H groups in total. The van der Waals surface area contributed by atoms with Crippen LogP contribution < -0.4 is 5.32 Å². The summed E-state index contributed by atoms with van der Waals surface area (Å²) in [5.41, 5.74) is 1.15. The van der Waals surface area contributed by atoms with Crippen molar-refractivity contribution in [2.45, 2.75) is 56.7 Å². The van der Waals surface area contributed by atoms with E-state index in [0.717, 1.165) is 31.2 Å². The molecule has 10 heteroatoms. The molecule has 4 rings (SSSR count). The third kappa shape index (κ3) is 6.37. The second-order valence-electron chi connectivity index (χ2n) is 8.95. The molecule has 0 saturated heterocycles. The van der Waals surface area contributed by atoms with Gasteiger partial charge >= 0.3 is 5.97 Å². The van der Waals surface area contributed by atoms with Gasteiger partial charge in [0.15, 0.2) is 14.9 Å². The Morgan fingerprint density at radius 1 is 1.11 bits per heavy atom. The minimum Gasteiger partial charge on any atom is -0.457 e. The van der Waals surface area contributed by atoms with Crippen LogP contribution in [0.1, 0.15) is 61.0 Å². The Morgan fingerprint density at radius 2 is 1.86 bits per heavy atom. The van der Waals surface area contributed by atoms with Gasteiger partial charge < -0.3 is 14.6 Å². The lowest BCUT2D eigenvalue weighted by atomic mass is 9.97. The molecule has 1 fully saturated rings. The van der Waals surface area contributed by atoms with Crippen LogP contribution in [0.2, 0.25) is 0 Å². The number of esters is 1. The van der Waals surface area contributed by atoms with Crippen molar-refractivity contribution in [3.05, 3.63) is 72.3 Å². The van der Waals surface area contributed by atoms with E-state index in [1.165, 1.54) is 18.7 Å². The summed E-state index contributed by atoms with van der Waals surface area (Å²) in [4.78, 5) is 33.9. The van der Waals surface area contributed by atoms with E-state index in [2.05, 4.69) is 15.3 Å². The van der Waals surface area contributed by atoms with Gasteiger partial charge in [-0.1, -0.05) is 62.9 Å². The van der Waals surface area contributed by atoms with Gasteiger partial charge in [-0.05, 0) is 30.0 Å². The molecule has 1 amide bonds. The topological polar surface area (TPSA) is 120 Å². The normalized spacial score (nSPS) is 14.9. The van der Waals surface area contributed by atoms with Crippen LogP contribution >= 0.6 is 0 Å². The standard InChI is InChI=1S/C26H30N4O5S/c1-2-36(33,34)24-16-30(18-28-24)22(14-19-8-6-7-9-19)25(31)29-23-13-12-21(15-27-23)26(32)35-17-20-10-4-3-5-11-20/h3-5,10-13,15-16,18-19,22H,2,6-9,14,17H2,1H3,(H,27,29,31). The molecule has 1 aromatic carbocycles. The largest absolute Gasteiger partial charge is 0.457 e. The Balaban J connectivity index is 1.44. The van der Waals surface area contributed by atoms with Gasteiger partial charge in [-0.3, -0.25) is 4.79 Å². The third-order valence-electron chi connectivity index (χ3n) is 6.43. The molecule has 1 aliphatic rings. The van der Waals surface area contributed by atoms with Crippen molar-refractivity contribution < 1.29 is 22.7 Å². The average molecular weight is 511 g/mol. The zero-order valence-corrected chi connectivity index (χ0v) is 21.0. The molecule has 0 radical (unpaired) electrons. The van der Waals surface area contributed by atoms with Crippen LogP contribution in [0.3, 0.4) is 0 Å². The number of ether oxygens (including phenoxy) is 1. The highest BCUT2D eigenvalue weighted by atomic mass is 32.2. The molecular weight excluding hydrogens is 480 g/mol. The number of sulfone groups is 1. The lowest BCUT2D eigenvalue weighted by Crippen LogP contribution is -2.27. The number of anilines is 1. The van der Waals surface area contributed by atoms with Crippen molar-refractivity contribution >= 4 is 27.5 Å². The van der Waals surface area contributed by atoms with E-state index in [1.54, 1.807) is 23.6 Å². The van der Waals surface area contributed by atoms with E-state index in [9.17, 15) is 18.0 Å². The lowest BCUT2D eigenvalue weighted by Gasteiger charge is -2.21. The first-order chi connectivity index (χ1) is 17.4. The Bertz CT molecular complexity index is 1280. The third-order valence-corrected chi connectivity index (χ3v) is 8.04. The Hall–Kier alpha value is -3.53. The number of hydrogen-bond donors (Lipinski definition) is 1. The first kappa shape index (κ1) is 25.6. The molecule has 3 aromatic rings. The maximum atomic E-state index is 13.3. The summed E-state index contributed by atoms with van der Waals surface area (Å²) in [5.74, 6) is -0.215. The number of nitrogens with zero attached hydrogens (tertiary/aromatic N) is 3. The summed E-state index contributed by atoms with van der Waals surface area (Å²) in [6.45, 7) is 1.71. The number of carbonyl (C=O) groups is 2. The van der Waals surface area contributed by atoms with Crippen molar-refractivity contribution in [3.63, 3.8) is 0 Å². The van der Waals surface area contributed by atoms with E-state index >= 15 is 0 Å². The van der Waals surface area contributed by atoms with Crippen LogP contribution in [-0.4, -0.2) is 40.6 Å². The van der Waals surface area contributed by atoms with Crippen LogP contribution in [0.4, 0.5) is 5.82 Å². The van der Waals surface area contributed by atoms with Gasteiger partial charge in [0.05, 0.1) is 17.6 Å². The molecule has 1 aliphatic carbocycles. The number of benzene rings is 1. The fourth-order valence-electron chi connectivity index (χ4n) is 4.33. The fraction of sp³-hybridized carbons (Fsp3) is 0.385. The van der Waals surface area contributed by atoms with E-state index in [0.29, 0.717) is 12.3 Å². The van der Waals surface area contributed by atoms with E-state index in [1.807, 2.05) is 30.3 Å². The number of amides is 1. The van der Waals surface area contributed by atoms with Crippen molar-refractivity contribution in [3.8, 4) is 0 Å². The second-order valence-corrected chi connectivity index (χ2v) is 11.2. The summed E-state index contributed by atoms with van der Waals surface area (Å²) in [6, 6.07) is 11.8. The molecule has 190 valence electrons. The van der Waals surface area contributed by atoms with Gasteiger partial charge in [-0.2, -0.15) is 0 Å². The highest BCUT2D eigenvalue weighted by Gasteiger charge is 2.28. The summed E-state index contributed by atoms with van der Waals surface area (Å²) in [7, 11) is -3.48. The Labute approximate surface area is 210 Å². The lowest BCUT2D eigenvalue weighted by molar-refractivity contribution is -0.119. The number of hydrogen-bond acceptors (Lipinski definition) is 7. The summed E-state index contributed by atoms with van der Waals surface area (Å²) in [6.07, 6.45) is 9.10. The summed E-state index contributed by atoms with van der Waals surface area (Å²) in [5, 5.41) is 2.76. The van der Waals surface area contributed by atoms with Crippen LogP contribution in [0.5, 0.6) is 0 Å². The minimum atomic E-state index is -3.48. The quantitative estimate of drug-likeness (QED) is 0.406. The van der Waals surface area contributed by atoms with Crippen LogP contribution in [0.15, 0.2) is 66.2 Å². The molecule has 36 heavy (non-hydrogen) atoms. The van der Waals surface area contributed by atoms with Gasteiger partial charge in [0.2, 0.25) is 5.91 Å². The second kappa shape index (κ2) is 11.5. The SMILES string of the molecule is CCS(=O)(=O)c1cn(C(CC2CCCC2)C(=O)Nc2ccc(C(=O)OCc3ccccc3)cn2)cn1. The summed E-state index contributed by atoms with van der Waals surface area (Å²) >= 11 is 0. The van der Waals surface area contributed by atoms with E-state index in [-0.39, 0.29) is 34.7 Å². The van der Waals surface area contributed by atoms with Crippen molar-refractivity contribution in [2.24, 2.45) is 5.92 Å². The number of pyridine rings is 1. The molecule has 0 spiro atoms. The number of nitrogens with one attached hydrogen (secondary N) is 1. The molecule has 1 saturated carbocycles. The van der Waals surface area contributed by atoms with Crippen LogP contribution in [-0.2, 0) is 26.0 Å². The Kier molecular flexibility index (Phi) is 8.14. The molecule has 9 nitrogen and oxygen atoms in total. The first-order valence-corrected chi connectivity index (χ1v) is 13.7. The first-order valence-electron chi connectivity index (χ1n) is 12.1.